The van der Waals surface area contributed by atoms with Crippen molar-refractivity contribution in [3.63, 3.8) is 0 Å². The second-order valence-corrected chi connectivity index (χ2v) is 7.35. The molecule has 1 N–H and O–H groups in total. The van der Waals surface area contributed by atoms with E-state index < -0.39 is 0 Å². The molecule has 0 radical (unpaired) electrons. The van der Waals surface area contributed by atoms with Crippen LogP contribution in [0, 0.1) is 0 Å². The van der Waals surface area contributed by atoms with Gasteiger partial charge in [0.1, 0.15) is 18.2 Å². The number of anilines is 2. The van der Waals surface area contributed by atoms with Crippen molar-refractivity contribution in [1.82, 2.24) is 9.55 Å². The van der Waals surface area contributed by atoms with E-state index in [1.165, 1.54) is 0 Å². The van der Waals surface area contributed by atoms with Crippen molar-refractivity contribution in [2.75, 3.05) is 5.32 Å². The van der Waals surface area contributed by atoms with Crippen LogP contribution in [0.15, 0.2) is 114 Å². The van der Waals surface area contributed by atoms with Crippen molar-refractivity contribution < 1.29 is 4.74 Å². The Balaban J connectivity index is 1.63. The standard InChI is InChI=1S/C27H21N3O2/c31-26-17-27(29-20-10-4-1-5-11-20)30(22-12-6-2-7-13-22)25-16-21(28-18-24(25)26)19-32-23-14-8-3-9-15-23/h1-18,29H,19H2. The molecule has 156 valence electrons. The lowest BCUT2D eigenvalue weighted by molar-refractivity contribution is 0.301. The van der Waals surface area contributed by atoms with Crippen molar-refractivity contribution in [2.24, 2.45) is 0 Å². The van der Waals surface area contributed by atoms with Crippen molar-refractivity contribution in [3.8, 4) is 11.4 Å². The summed E-state index contributed by atoms with van der Waals surface area (Å²) in [5, 5.41) is 3.94. The van der Waals surface area contributed by atoms with E-state index >= 15 is 0 Å². The fraction of sp³-hybridized carbons (Fsp3) is 0.0370. The minimum absolute atomic E-state index is 0.0892. The van der Waals surface area contributed by atoms with Crippen LogP contribution < -0.4 is 15.5 Å². The van der Waals surface area contributed by atoms with E-state index in [-0.39, 0.29) is 5.43 Å². The zero-order chi connectivity index (χ0) is 21.8. The van der Waals surface area contributed by atoms with Gasteiger partial charge in [0.05, 0.1) is 16.6 Å². The van der Waals surface area contributed by atoms with E-state index in [1.54, 1.807) is 12.3 Å². The number of benzene rings is 3. The SMILES string of the molecule is O=c1cc(Nc2ccccc2)n(-c2ccccc2)c2cc(COc3ccccc3)ncc12. The Morgan fingerprint density at radius 2 is 1.47 bits per heavy atom. The van der Waals surface area contributed by atoms with Crippen LogP contribution in [0.1, 0.15) is 5.69 Å². The minimum Gasteiger partial charge on any atom is -0.487 e. The monoisotopic (exact) mass is 419 g/mol. The van der Waals surface area contributed by atoms with Gasteiger partial charge in [0, 0.05) is 23.6 Å². The summed E-state index contributed by atoms with van der Waals surface area (Å²) < 4.78 is 7.92. The van der Waals surface area contributed by atoms with Crippen LogP contribution in [-0.2, 0) is 6.61 Å². The smallest absolute Gasteiger partial charge is 0.193 e. The summed E-state index contributed by atoms with van der Waals surface area (Å²) in [5.74, 6) is 1.45. The van der Waals surface area contributed by atoms with Crippen LogP contribution in [0.2, 0.25) is 0 Å². The third kappa shape index (κ3) is 4.09. The van der Waals surface area contributed by atoms with Gasteiger partial charge in [-0.25, -0.2) is 0 Å². The predicted octanol–water partition coefficient (Wildman–Crippen LogP) is 5.71. The number of aromatic nitrogens is 2. The Morgan fingerprint density at radius 1 is 0.812 bits per heavy atom. The first kappa shape index (κ1) is 19.6. The van der Waals surface area contributed by atoms with Crippen molar-refractivity contribution in [1.29, 1.82) is 0 Å². The van der Waals surface area contributed by atoms with Gasteiger partial charge in [-0.3, -0.25) is 14.3 Å². The molecule has 0 saturated carbocycles. The quantitative estimate of drug-likeness (QED) is 0.383. The number of nitrogens with zero attached hydrogens (tertiary/aromatic N) is 2. The Hall–Kier alpha value is -4.38. The highest BCUT2D eigenvalue weighted by Gasteiger charge is 2.13. The summed E-state index contributed by atoms with van der Waals surface area (Å²) in [4.78, 5) is 17.4. The number of pyridine rings is 2. The van der Waals surface area contributed by atoms with Gasteiger partial charge in [-0.1, -0.05) is 54.6 Å². The van der Waals surface area contributed by atoms with E-state index in [0.717, 1.165) is 28.3 Å². The first-order valence-electron chi connectivity index (χ1n) is 10.4. The summed E-state index contributed by atoms with van der Waals surface area (Å²) in [6.45, 7) is 0.305. The van der Waals surface area contributed by atoms with E-state index in [9.17, 15) is 4.79 Å². The van der Waals surface area contributed by atoms with Crippen LogP contribution in [0.3, 0.4) is 0 Å². The molecule has 0 bridgehead atoms. The van der Waals surface area contributed by atoms with Gasteiger partial charge < -0.3 is 10.1 Å². The van der Waals surface area contributed by atoms with Gasteiger partial charge in [-0.15, -0.1) is 0 Å². The van der Waals surface area contributed by atoms with Crippen LogP contribution in [0.4, 0.5) is 11.5 Å². The fourth-order valence-corrected chi connectivity index (χ4v) is 3.63. The molecule has 5 rings (SSSR count). The average Bonchev–Trinajstić information content (AvgIpc) is 2.85. The van der Waals surface area contributed by atoms with Gasteiger partial charge in [0.2, 0.25) is 0 Å². The predicted molar refractivity (Wildman–Crippen MR) is 128 cm³/mol. The molecule has 3 aromatic carbocycles. The molecule has 0 unspecified atom stereocenters. The van der Waals surface area contributed by atoms with E-state index in [1.807, 2.05) is 102 Å². The van der Waals surface area contributed by atoms with E-state index in [4.69, 9.17) is 4.74 Å². The number of nitrogens with one attached hydrogen (secondary N) is 1. The maximum absolute atomic E-state index is 12.9. The van der Waals surface area contributed by atoms with Crippen LogP contribution in [0.5, 0.6) is 5.75 Å². The van der Waals surface area contributed by atoms with Gasteiger partial charge in [-0.2, -0.15) is 0 Å². The first-order valence-corrected chi connectivity index (χ1v) is 10.4. The molecule has 32 heavy (non-hydrogen) atoms. The maximum Gasteiger partial charge on any atom is 0.193 e. The highest BCUT2D eigenvalue weighted by molar-refractivity contribution is 5.83. The van der Waals surface area contributed by atoms with Crippen LogP contribution in [0.25, 0.3) is 16.6 Å². The molecule has 0 aliphatic rings. The molecule has 5 heteroatoms. The van der Waals surface area contributed by atoms with Gasteiger partial charge in [0.15, 0.2) is 5.43 Å². The molecule has 0 fully saturated rings. The summed E-state index contributed by atoms with van der Waals surface area (Å²) >= 11 is 0. The first-order chi connectivity index (χ1) is 15.8. The second-order valence-electron chi connectivity index (χ2n) is 7.35. The number of hydrogen-bond donors (Lipinski definition) is 1. The molecule has 0 spiro atoms. The summed E-state index contributed by atoms with van der Waals surface area (Å²) in [7, 11) is 0. The van der Waals surface area contributed by atoms with Gasteiger partial charge >= 0.3 is 0 Å². The van der Waals surface area contributed by atoms with Crippen molar-refractivity contribution in [2.45, 2.75) is 6.61 Å². The zero-order valence-corrected chi connectivity index (χ0v) is 17.3. The molecule has 0 saturated heterocycles. The molecule has 2 aromatic heterocycles. The molecular weight excluding hydrogens is 398 g/mol. The number of hydrogen-bond acceptors (Lipinski definition) is 4. The molecule has 2 heterocycles. The third-order valence-electron chi connectivity index (χ3n) is 5.14. The van der Waals surface area contributed by atoms with Gasteiger partial charge in [-0.05, 0) is 42.5 Å². The molecular formula is C27H21N3O2. The molecule has 5 nitrogen and oxygen atoms in total. The third-order valence-corrected chi connectivity index (χ3v) is 5.14. The lowest BCUT2D eigenvalue weighted by Gasteiger charge is -2.19. The van der Waals surface area contributed by atoms with E-state index in [0.29, 0.717) is 17.8 Å². The number of para-hydroxylation sites is 3. The Bertz CT molecular complexity index is 1400. The summed E-state index contributed by atoms with van der Waals surface area (Å²) in [6, 6.07) is 32.9. The second kappa shape index (κ2) is 8.78. The summed E-state index contributed by atoms with van der Waals surface area (Å²) in [5.41, 5.74) is 3.26. The number of fused-ring (bicyclic) bond motifs is 1. The lowest BCUT2D eigenvalue weighted by atomic mass is 10.2. The topological polar surface area (TPSA) is 56.2 Å². The van der Waals surface area contributed by atoms with E-state index in [2.05, 4.69) is 10.3 Å². The molecule has 5 aromatic rings. The summed E-state index contributed by atoms with van der Waals surface area (Å²) in [6.07, 6.45) is 1.63. The normalized spacial score (nSPS) is 10.8. The molecule has 0 aliphatic carbocycles. The zero-order valence-electron chi connectivity index (χ0n) is 17.3. The van der Waals surface area contributed by atoms with Crippen molar-refractivity contribution in [3.05, 3.63) is 125 Å². The molecule has 0 atom stereocenters. The number of ether oxygens (including phenoxy) is 1. The Morgan fingerprint density at radius 3 is 2.19 bits per heavy atom. The fourth-order valence-electron chi connectivity index (χ4n) is 3.63. The highest BCUT2D eigenvalue weighted by Crippen LogP contribution is 2.25. The maximum atomic E-state index is 12.9. The largest absolute Gasteiger partial charge is 0.487 e. The Kier molecular flexibility index (Phi) is 5.37. The number of rotatable bonds is 6. The molecule has 0 aliphatic heterocycles. The van der Waals surface area contributed by atoms with Crippen LogP contribution in [-0.4, -0.2) is 9.55 Å². The lowest BCUT2D eigenvalue weighted by Crippen LogP contribution is -2.13. The van der Waals surface area contributed by atoms with Gasteiger partial charge in [0.25, 0.3) is 0 Å². The minimum atomic E-state index is -0.0892. The van der Waals surface area contributed by atoms with Crippen molar-refractivity contribution >= 4 is 22.4 Å². The Labute approximate surface area is 185 Å². The highest BCUT2D eigenvalue weighted by atomic mass is 16.5. The van der Waals surface area contributed by atoms with Crippen LogP contribution >= 0.6 is 0 Å². The molecule has 0 amide bonds. The average molecular weight is 419 g/mol.